The van der Waals surface area contributed by atoms with Crippen molar-refractivity contribution >= 4 is 46.2 Å². The van der Waals surface area contributed by atoms with Gasteiger partial charge in [0.05, 0.1) is 18.1 Å². The number of amides is 1. The van der Waals surface area contributed by atoms with Gasteiger partial charge in [-0.25, -0.2) is 0 Å². The molecule has 0 atom stereocenters. The van der Waals surface area contributed by atoms with Crippen LogP contribution in [-0.4, -0.2) is 53.5 Å². The molecule has 0 bridgehead atoms. The van der Waals surface area contributed by atoms with Gasteiger partial charge in [0.1, 0.15) is 10.4 Å². The van der Waals surface area contributed by atoms with E-state index in [1.54, 1.807) is 13.2 Å². The number of aromatic nitrogens is 1. The van der Waals surface area contributed by atoms with Crippen LogP contribution in [0.4, 0.5) is 5.88 Å². The van der Waals surface area contributed by atoms with Gasteiger partial charge < -0.3 is 14.1 Å². The maximum Gasteiger partial charge on any atom is 0.266 e. The lowest BCUT2D eigenvalue weighted by Crippen LogP contribution is -2.31. The summed E-state index contributed by atoms with van der Waals surface area (Å²) >= 11 is 6.44. The van der Waals surface area contributed by atoms with E-state index in [1.807, 2.05) is 4.90 Å². The van der Waals surface area contributed by atoms with E-state index in [9.17, 15) is 10.1 Å². The van der Waals surface area contributed by atoms with Crippen molar-refractivity contribution in [1.29, 1.82) is 5.26 Å². The van der Waals surface area contributed by atoms with Crippen LogP contribution < -0.4 is 4.90 Å². The van der Waals surface area contributed by atoms with E-state index in [0.29, 0.717) is 28.3 Å². The van der Waals surface area contributed by atoms with Crippen molar-refractivity contribution in [3.8, 4) is 6.07 Å². The second-order valence-corrected chi connectivity index (χ2v) is 7.37. The molecule has 0 spiro atoms. The summed E-state index contributed by atoms with van der Waals surface area (Å²) in [7, 11) is 1.58. The first-order valence-corrected chi connectivity index (χ1v) is 9.26. The summed E-state index contributed by atoms with van der Waals surface area (Å²) in [5, 5.41) is 9.32. The predicted octanol–water partition coefficient (Wildman–Crippen LogP) is 2.38. The number of thiocarbonyl (C=S) groups is 1. The van der Waals surface area contributed by atoms with Crippen LogP contribution >= 0.6 is 24.0 Å². The number of thioether (sulfide) groups is 1. The number of nitriles is 1. The maximum absolute atomic E-state index is 12.4. The molecule has 1 aromatic heterocycles. The van der Waals surface area contributed by atoms with Gasteiger partial charge in [0.25, 0.3) is 5.91 Å². The van der Waals surface area contributed by atoms with Gasteiger partial charge in [-0.2, -0.15) is 10.2 Å². The highest BCUT2D eigenvalue weighted by Gasteiger charge is 2.32. The number of anilines is 1. The Morgan fingerprint density at radius 2 is 2.20 bits per heavy atom. The first-order chi connectivity index (χ1) is 12.1. The molecule has 0 aromatic carbocycles. The molecule has 2 fully saturated rings. The zero-order valence-electron chi connectivity index (χ0n) is 13.9. The summed E-state index contributed by atoms with van der Waals surface area (Å²) < 4.78 is 11.3. The van der Waals surface area contributed by atoms with E-state index in [2.05, 4.69) is 11.1 Å². The highest BCUT2D eigenvalue weighted by Crippen LogP contribution is 2.33. The summed E-state index contributed by atoms with van der Waals surface area (Å²) in [5.74, 6) is 0.552. The molecule has 9 heteroatoms. The number of ether oxygens (including phenoxy) is 1. The zero-order chi connectivity index (χ0) is 17.8. The normalized spacial score (nSPS) is 19.8. The highest BCUT2D eigenvalue weighted by atomic mass is 32.2. The molecule has 2 aliphatic heterocycles. The van der Waals surface area contributed by atoms with Crippen LogP contribution in [-0.2, 0) is 9.53 Å². The topological polar surface area (TPSA) is 82.6 Å². The molecule has 0 saturated carbocycles. The summed E-state index contributed by atoms with van der Waals surface area (Å²) in [5.41, 5.74) is 0.253. The van der Waals surface area contributed by atoms with Crippen molar-refractivity contribution in [1.82, 2.24) is 9.88 Å². The van der Waals surface area contributed by atoms with Gasteiger partial charge in [0.2, 0.25) is 17.5 Å². The molecule has 1 amide bonds. The minimum atomic E-state index is -0.191. The molecule has 7 nitrogen and oxygen atoms in total. The van der Waals surface area contributed by atoms with Crippen LogP contribution in [0, 0.1) is 11.3 Å². The molecular formula is C16H18N4O3S2. The molecule has 0 N–H and O–H groups in total. The minimum Gasteiger partial charge on any atom is -0.420 e. The number of rotatable bonds is 5. The van der Waals surface area contributed by atoms with Crippen LogP contribution in [0.3, 0.4) is 0 Å². The van der Waals surface area contributed by atoms with E-state index in [4.69, 9.17) is 21.4 Å². The van der Waals surface area contributed by atoms with Crippen LogP contribution in [0.15, 0.2) is 9.32 Å². The molecule has 2 aliphatic rings. The average molecular weight is 378 g/mol. The Kier molecular flexibility index (Phi) is 5.73. The number of hydrogen-bond donors (Lipinski definition) is 0. The van der Waals surface area contributed by atoms with Gasteiger partial charge in [-0.15, -0.1) is 0 Å². The summed E-state index contributed by atoms with van der Waals surface area (Å²) in [4.78, 5) is 20.6. The lowest BCUT2D eigenvalue weighted by Gasteiger charge is -2.25. The van der Waals surface area contributed by atoms with Crippen molar-refractivity contribution in [3.63, 3.8) is 0 Å². The second kappa shape index (κ2) is 7.99. The molecule has 0 aliphatic carbocycles. The van der Waals surface area contributed by atoms with E-state index < -0.39 is 0 Å². The van der Waals surface area contributed by atoms with Gasteiger partial charge in [-0.1, -0.05) is 24.0 Å². The molecule has 1 aromatic rings. The third kappa shape index (κ3) is 3.86. The lowest BCUT2D eigenvalue weighted by molar-refractivity contribution is -0.122. The molecule has 132 valence electrons. The van der Waals surface area contributed by atoms with E-state index >= 15 is 0 Å². The summed E-state index contributed by atoms with van der Waals surface area (Å²) in [6.45, 7) is 2.52. The van der Waals surface area contributed by atoms with Gasteiger partial charge in [-0.05, 0) is 19.3 Å². The van der Waals surface area contributed by atoms with Gasteiger partial charge in [-0.3, -0.25) is 9.69 Å². The fourth-order valence-corrected chi connectivity index (χ4v) is 4.03. The van der Waals surface area contributed by atoms with Crippen LogP contribution in [0.2, 0.25) is 0 Å². The Morgan fingerprint density at radius 1 is 1.44 bits per heavy atom. The third-order valence-corrected chi connectivity index (χ3v) is 5.40. The molecule has 3 rings (SSSR count). The Labute approximate surface area is 155 Å². The molecule has 0 radical (unpaired) electrons. The smallest absolute Gasteiger partial charge is 0.266 e. The van der Waals surface area contributed by atoms with E-state index in [-0.39, 0.29) is 17.5 Å². The fourth-order valence-electron chi connectivity index (χ4n) is 2.76. The number of carbonyl (C=O) groups is 1. The molecular weight excluding hydrogens is 360 g/mol. The number of oxazole rings is 1. The maximum atomic E-state index is 12.4. The molecule has 2 saturated heterocycles. The van der Waals surface area contributed by atoms with Crippen molar-refractivity contribution in [3.05, 3.63) is 16.5 Å². The zero-order valence-corrected chi connectivity index (χ0v) is 15.5. The third-order valence-electron chi connectivity index (χ3n) is 4.02. The van der Waals surface area contributed by atoms with Crippen molar-refractivity contribution < 1.29 is 13.9 Å². The standard InChI is InChI=1S/C16H18N4O3S2/c1-22-8-7-20-14(21)12(25-16(20)24)9-13-18-11(10-17)15(23-13)19-5-3-2-4-6-19/h9H,2-8H2,1H3. The lowest BCUT2D eigenvalue weighted by atomic mass is 10.1. The van der Waals surface area contributed by atoms with Crippen molar-refractivity contribution in [2.75, 3.05) is 38.3 Å². The number of piperidine rings is 1. The molecule has 0 unspecified atom stereocenters. The van der Waals surface area contributed by atoms with Gasteiger partial charge in [0.15, 0.2) is 0 Å². The number of nitrogens with zero attached hydrogens (tertiary/aromatic N) is 4. The fraction of sp³-hybridized carbons (Fsp3) is 0.500. The largest absolute Gasteiger partial charge is 0.420 e. The Hall–Kier alpha value is -1.89. The second-order valence-electron chi connectivity index (χ2n) is 5.69. The SMILES string of the molecule is COCCN1C(=O)C(=Cc2nc(C#N)c(N3CCCCC3)o2)SC1=S. The van der Waals surface area contributed by atoms with Crippen LogP contribution in [0.5, 0.6) is 0 Å². The summed E-state index contributed by atoms with van der Waals surface area (Å²) in [6.07, 6.45) is 4.88. The van der Waals surface area contributed by atoms with E-state index in [1.165, 1.54) is 23.1 Å². The first-order valence-electron chi connectivity index (χ1n) is 8.04. The number of methoxy groups -OCH3 is 1. The Bertz CT molecular complexity index is 747. The van der Waals surface area contributed by atoms with Crippen molar-refractivity contribution in [2.24, 2.45) is 0 Å². The van der Waals surface area contributed by atoms with Crippen LogP contribution in [0.25, 0.3) is 6.08 Å². The van der Waals surface area contributed by atoms with Crippen LogP contribution in [0.1, 0.15) is 30.8 Å². The number of carbonyl (C=O) groups excluding carboxylic acids is 1. The van der Waals surface area contributed by atoms with Crippen molar-refractivity contribution in [2.45, 2.75) is 19.3 Å². The molecule has 3 heterocycles. The monoisotopic (exact) mass is 378 g/mol. The molecule has 25 heavy (non-hydrogen) atoms. The Morgan fingerprint density at radius 3 is 2.88 bits per heavy atom. The van der Waals surface area contributed by atoms with Gasteiger partial charge >= 0.3 is 0 Å². The quantitative estimate of drug-likeness (QED) is 0.570. The van der Waals surface area contributed by atoms with E-state index in [0.717, 1.165) is 25.9 Å². The first kappa shape index (κ1) is 17.9. The average Bonchev–Trinajstić information content (AvgIpc) is 3.15. The predicted molar refractivity (Wildman–Crippen MR) is 99.0 cm³/mol. The number of hydrogen-bond acceptors (Lipinski definition) is 8. The summed E-state index contributed by atoms with van der Waals surface area (Å²) in [6, 6.07) is 2.07. The van der Waals surface area contributed by atoms with Gasteiger partial charge in [0, 0.05) is 26.3 Å². The Balaban J connectivity index is 1.82. The highest BCUT2D eigenvalue weighted by molar-refractivity contribution is 8.26. The minimum absolute atomic E-state index is 0.191.